The Morgan fingerprint density at radius 3 is 2.52 bits per heavy atom. The Balaban J connectivity index is 1.70. The molecule has 4 atom stereocenters. The van der Waals surface area contributed by atoms with Crippen molar-refractivity contribution in [2.75, 3.05) is 10.2 Å². The SMILES string of the molecule is CC(C)C1NC2(C(=O)Nc3ccccc32)C2C(=O)N(c3cccc(Cl)c3)C(=O)C12. The van der Waals surface area contributed by atoms with Crippen molar-refractivity contribution in [3.8, 4) is 0 Å². The van der Waals surface area contributed by atoms with Crippen molar-refractivity contribution < 1.29 is 14.4 Å². The van der Waals surface area contributed by atoms with E-state index in [1.807, 2.05) is 38.1 Å². The molecule has 148 valence electrons. The first-order chi connectivity index (χ1) is 13.9. The predicted molar refractivity (Wildman–Crippen MR) is 109 cm³/mol. The summed E-state index contributed by atoms with van der Waals surface area (Å²) in [7, 11) is 0. The number of nitrogens with zero attached hydrogens (tertiary/aromatic N) is 1. The lowest BCUT2D eigenvalue weighted by Gasteiger charge is -2.30. The molecule has 0 bridgehead atoms. The molecule has 0 aliphatic carbocycles. The van der Waals surface area contributed by atoms with Crippen molar-refractivity contribution in [3.63, 3.8) is 0 Å². The van der Waals surface area contributed by atoms with E-state index in [0.29, 0.717) is 16.4 Å². The number of fused-ring (bicyclic) bond motifs is 4. The Bertz CT molecular complexity index is 1070. The van der Waals surface area contributed by atoms with Crippen molar-refractivity contribution in [1.29, 1.82) is 0 Å². The lowest BCUT2D eigenvalue weighted by molar-refractivity contribution is -0.130. The van der Waals surface area contributed by atoms with Gasteiger partial charge in [-0.05, 0) is 30.2 Å². The zero-order chi connectivity index (χ0) is 20.5. The number of anilines is 2. The molecule has 3 aliphatic heterocycles. The second kappa shape index (κ2) is 6.15. The van der Waals surface area contributed by atoms with Crippen LogP contribution < -0.4 is 15.5 Å². The fourth-order valence-corrected chi connectivity index (χ4v) is 5.32. The van der Waals surface area contributed by atoms with E-state index >= 15 is 0 Å². The van der Waals surface area contributed by atoms with Crippen molar-refractivity contribution in [2.45, 2.75) is 25.4 Å². The average molecular weight is 410 g/mol. The highest BCUT2D eigenvalue weighted by atomic mass is 35.5. The highest BCUT2D eigenvalue weighted by Gasteiger charge is 2.70. The second-order valence-electron chi connectivity index (χ2n) is 8.22. The summed E-state index contributed by atoms with van der Waals surface area (Å²) in [6, 6.07) is 13.7. The van der Waals surface area contributed by atoms with E-state index in [2.05, 4.69) is 10.6 Å². The van der Waals surface area contributed by atoms with Crippen molar-refractivity contribution in [2.24, 2.45) is 17.8 Å². The number of nitrogens with one attached hydrogen (secondary N) is 2. The molecule has 2 N–H and O–H groups in total. The molecule has 6 nitrogen and oxygen atoms in total. The second-order valence-corrected chi connectivity index (χ2v) is 8.65. The number of carbonyl (C=O) groups excluding carboxylic acids is 3. The van der Waals surface area contributed by atoms with E-state index in [1.54, 1.807) is 24.3 Å². The number of hydrogen-bond acceptors (Lipinski definition) is 4. The lowest BCUT2D eigenvalue weighted by Crippen LogP contribution is -2.54. The van der Waals surface area contributed by atoms with E-state index in [1.165, 1.54) is 4.90 Å². The molecule has 7 heteroatoms. The van der Waals surface area contributed by atoms with Crippen LogP contribution in [0, 0.1) is 17.8 Å². The zero-order valence-electron chi connectivity index (χ0n) is 16.0. The molecule has 2 saturated heterocycles. The Labute approximate surface area is 173 Å². The maximum absolute atomic E-state index is 13.6. The minimum atomic E-state index is -1.25. The quantitative estimate of drug-likeness (QED) is 0.747. The highest BCUT2D eigenvalue weighted by molar-refractivity contribution is 6.31. The van der Waals surface area contributed by atoms with Gasteiger partial charge in [0.25, 0.3) is 0 Å². The number of carbonyl (C=O) groups is 3. The van der Waals surface area contributed by atoms with Gasteiger partial charge in [-0.1, -0.05) is 49.7 Å². The molecule has 4 unspecified atom stereocenters. The molecule has 2 fully saturated rings. The van der Waals surface area contributed by atoms with Gasteiger partial charge in [0.1, 0.15) is 5.54 Å². The van der Waals surface area contributed by atoms with Gasteiger partial charge in [0.2, 0.25) is 17.7 Å². The Morgan fingerprint density at radius 2 is 1.79 bits per heavy atom. The summed E-state index contributed by atoms with van der Waals surface area (Å²) in [6.45, 7) is 3.98. The van der Waals surface area contributed by atoms with Crippen LogP contribution in [0.5, 0.6) is 0 Å². The summed E-state index contributed by atoms with van der Waals surface area (Å²) >= 11 is 6.10. The van der Waals surface area contributed by atoms with Crippen LogP contribution in [0.25, 0.3) is 0 Å². The number of amides is 3. The van der Waals surface area contributed by atoms with E-state index < -0.39 is 17.4 Å². The standard InChI is InChI=1S/C22H20ClN3O3/c1-11(2)18-16-17(20(28)26(19(16)27)13-7-5-6-12(23)10-13)22(25-18)14-8-3-4-9-15(14)24-21(22)29/h3-11,16-18,25H,1-2H3,(H,24,29). The third kappa shape index (κ3) is 2.30. The largest absolute Gasteiger partial charge is 0.324 e. The third-order valence-corrected chi connectivity index (χ3v) is 6.58. The maximum Gasteiger partial charge on any atom is 0.250 e. The first-order valence-corrected chi connectivity index (χ1v) is 10.1. The number of para-hydroxylation sites is 1. The molecule has 2 aromatic rings. The molecule has 5 rings (SSSR count). The topological polar surface area (TPSA) is 78.5 Å². The number of hydrogen-bond donors (Lipinski definition) is 2. The molecule has 3 heterocycles. The summed E-state index contributed by atoms with van der Waals surface area (Å²) in [5, 5.41) is 6.75. The highest BCUT2D eigenvalue weighted by Crippen LogP contribution is 2.54. The molecule has 0 saturated carbocycles. The Morgan fingerprint density at radius 1 is 1.03 bits per heavy atom. The minimum absolute atomic E-state index is 0.0542. The number of rotatable bonds is 2. The molecular formula is C22H20ClN3O3. The molecule has 0 radical (unpaired) electrons. The zero-order valence-corrected chi connectivity index (χ0v) is 16.7. The summed E-state index contributed by atoms with van der Waals surface area (Å²) in [5.74, 6) is -2.33. The molecule has 0 aromatic heterocycles. The van der Waals surface area contributed by atoms with Gasteiger partial charge in [-0.2, -0.15) is 0 Å². The average Bonchev–Trinajstić information content (AvgIpc) is 3.27. The molecule has 3 aliphatic rings. The van der Waals surface area contributed by atoms with Gasteiger partial charge in [-0.15, -0.1) is 0 Å². The number of imide groups is 1. The molecule has 1 spiro atoms. The monoisotopic (exact) mass is 409 g/mol. The van der Waals surface area contributed by atoms with Crippen LogP contribution in [0.1, 0.15) is 19.4 Å². The predicted octanol–water partition coefficient (Wildman–Crippen LogP) is 2.92. The molecule has 29 heavy (non-hydrogen) atoms. The van der Waals surface area contributed by atoms with Crippen LogP contribution in [-0.4, -0.2) is 23.8 Å². The van der Waals surface area contributed by atoms with Gasteiger partial charge < -0.3 is 5.32 Å². The van der Waals surface area contributed by atoms with Gasteiger partial charge in [0.15, 0.2) is 0 Å². The summed E-state index contributed by atoms with van der Waals surface area (Å²) < 4.78 is 0. The van der Waals surface area contributed by atoms with Gasteiger partial charge >= 0.3 is 0 Å². The number of benzene rings is 2. The number of halogens is 1. The molecule has 3 amide bonds. The van der Waals surface area contributed by atoms with E-state index in [4.69, 9.17) is 11.6 Å². The summed E-state index contributed by atoms with van der Waals surface area (Å²) in [5.41, 5.74) is 0.578. The first kappa shape index (κ1) is 18.3. The summed E-state index contributed by atoms with van der Waals surface area (Å²) in [4.78, 5) is 41.5. The Hall–Kier alpha value is -2.70. The summed E-state index contributed by atoms with van der Waals surface area (Å²) in [6.07, 6.45) is 0. The van der Waals surface area contributed by atoms with Gasteiger partial charge in [-0.3, -0.25) is 19.7 Å². The molecular weight excluding hydrogens is 390 g/mol. The Kier molecular flexibility index (Phi) is 3.89. The normalized spacial score (nSPS) is 30.3. The van der Waals surface area contributed by atoms with Gasteiger partial charge in [0, 0.05) is 22.3 Å². The van der Waals surface area contributed by atoms with E-state index in [-0.39, 0.29) is 29.7 Å². The maximum atomic E-state index is 13.6. The van der Waals surface area contributed by atoms with Crippen molar-refractivity contribution >= 4 is 40.7 Å². The lowest BCUT2D eigenvalue weighted by atomic mass is 9.76. The van der Waals surface area contributed by atoms with Crippen molar-refractivity contribution in [1.82, 2.24) is 5.32 Å². The van der Waals surface area contributed by atoms with Crippen LogP contribution in [0.3, 0.4) is 0 Å². The fourth-order valence-electron chi connectivity index (χ4n) is 5.13. The minimum Gasteiger partial charge on any atom is -0.324 e. The first-order valence-electron chi connectivity index (χ1n) is 9.68. The van der Waals surface area contributed by atoms with Crippen LogP contribution in [-0.2, 0) is 19.9 Å². The smallest absolute Gasteiger partial charge is 0.250 e. The van der Waals surface area contributed by atoms with Gasteiger partial charge in [-0.25, -0.2) is 4.90 Å². The van der Waals surface area contributed by atoms with Crippen molar-refractivity contribution in [3.05, 3.63) is 59.1 Å². The third-order valence-electron chi connectivity index (χ3n) is 6.34. The van der Waals surface area contributed by atoms with E-state index in [0.717, 1.165) is 5.56 Å². The van der Waals surface area contributed by atoms with E-state index in [9.17, 15) is 14.4 Å². The fraction of sp³-hybridized carbons (Fsp3) is 0.318. The van der Waals surface area contributed by atoms with Crippen LogP contribution in [0.4, 0.5) is 11.4 Å². The molecule has 2 aromatic carbocycles. The van der Waals surface area contributed by atoms with Crippen LogP contribution in [0.2, 0.25) is 5.02 Å². The van der Waals surface area contributed by atoms with Crippen LogP contribution in [0.15, 0.2) is 48.5 Å². The van der Waals surface area contributed by atoms with Crippen LogP contribution >= 0.6 is 11.6 Å². The van der Waals surface area contributed by atoms with Gasteiger partial charge in [0.05, 0.1) is 17.5 Å².